The third-order valence-corrected chi connectivity index (χ3v) is 5.91. The number of aliphatic carboxylic acids is 1. The smallest absolute Gasteiger partial charge is 0.303 e. The molecule has 0 aromatic rings. The largest absolute Gasteiger partial charge is 0.481 e. The van der Waals surface area contributed by atoms with Crippen LogP contribution in [0.2, 0.25) is 0 Å². The van der Waals surface area contributed by atoms with E-state index in [1.165, 1.54) is 6.26 Å². The van der Waals surface area contributed by atoms with Crippen molar-refractivity contribution in [3.05, 3.63) is 0 Å². The number of likely N-dealkylation sites (tertiary alicyclic amines) is 1. The monoisotopic (exact) mass is 318 g/mol. The van der Waals surface area contributed by atoms with Crippen LogP contribution in [-0.4, -0.2) is 67.7 Å². The molecule has 0 saturated carbocycles. The summed E-state index contributed by atoms with van der Waals surface area (Å²) < 4.78 is 24.8. The maximum atomic E-state index is 11.6. The summed E-state index contributed by atoms with van der Waals surface area (Å²) in [7, 11) is -3.07. The van der Waals surface area contributed by atoms with E-state index >= 15 is 0 Å². The first-order chi connectivity index (χ1) is 9.84. The lowest BCUT2D eigenvalue weighted by molar-refractivity contribution is -0.138. The van der Waals surface area contributed by atoms with Gasteiger partial charge in [-0.25, -0.2) is 12.7 Å². The third-order valence-electron chi connectivity index (χ3n) is 4.64. The first-order valence-corrected chi connectivity index (χ1v) is 9.58. The van der Waals surface area contributed by atoms with Crippen molar-refractivity contribution >= 4 is 16.0 Å². The second kappa shape index (κ2) is 7.07. The van der Waals surface area contributed by atoms with Gasteiger partial charge in [0.1, 0.15) is 0 Å². The summed E-state index contributed by atoms with van der Waals surface area (Å²) in [5.74, 6) is 0.00615. The number of carbonyl (C=O) groups is 1. The van der Waals surface area contributed by atoms with Crippen LogP contribution >= 0.6 is 0 Å². The molecule has 7 heteroatoms. The van der Waals surface area contributed by atoms with Gasteiger partial charge in [0, 0.05) is 26.1 Å². The van der Waals surface area contributed by atoms with E-state index in [0.717, 1.165) is 45.3 Å². The van der Waals surface area contributed by atoms with Gasteiger partial charge in [0.2, 0.25) is 10.0 Å². The lowest BCUT2D eigenvalue weighted by Crippen LogP contribution is -2.45. The fourth-order valence-corrected chi connectivity index (χ4v) is 4.40. The molecule has 2 aliphatic rings. The topological polar surface area (TPSA) is 77.9 Å². The van der Waals surface area contributed by atoms with Gasteiger partial charge in [0.05, 0.1) is 6.26 Å². The maximum Gasteiger partial charge on any atom is 0.303 e. The van der Waals surface area contributed by atoms with Crippen molar-refractivity contribution < 1.29 is 18.3 Å². The predicted octanol–water partition coefficient (Wildman–Crippen LogP) is 0.845. The van der Waals surface area contributed by atoms with Gasteiger partial charge >= 0.3 is 5.97 Å². The zero-order valence-electron chi connectivity index (χ0n) is 12.7. The van der Waals surface area contributed by atoms with Gasteiger partial charge in [-0.3, -0.25) is 4.79 Å². The van der Waals surface area contributed by atoms with Gasteiger partial charge < -0.3 is 10.0 Å². The molecular weight excluding hydrogens is 292 g/mol. The first-order valence-electron chi connectivity index (χ1n) is 7.74. The molecule has 1 atom stereocenters. The zero-order chi connectivity index (χ0) is 15.5. The van der Waals surface area contributed by atoms with Crippen LogP contribution in [0, 0.1) is 11.8 Å². The molecule has 0 aliphatic carbocycles. The van der Waals surface area contributed by atoms with Crippen LogP contribution in [0.4, 0.5) is 0 Å². The molecule has 0 spiro atoms. The van der Waals surface area contributed by atoms with E-state index in [0.29, 0.717) is 24.9 Å². The number of piperidine rings is 2. The Kier molecular flexibility index (Phi) is 5.62. The van der Waals surface area contributed by atoms with Crippen molar-refractivity contribution in [1.82, 2.24) is 9.21 Å². The summed E-state index contributed by atoms with van der Waals surface area (Å²) in [5, 5.41) is 8.82. The fraction of sp³-hybridized carbons (Fsp3) is 0.929. The number of rotatable bonds is 5. The van der Waals surface area contributed by atoms with E-state index in [2.05, 4.69) is 4.90 Å². The Hall–Kier alpha value is -0.660. The Morgan fingerprint density at radius 1 is 1.14 bits per heavy atom. The van der Waals surface area contributed by atoms with Crippen LogP contribution in [-0.2, 0) is 14.8 Å². The van der Waals surface area contributed by atoms with E-state index in [9.17, 15) is 13.2 Å². The molecule has 2 saturated heterocycles. The van der Waals surface area contributed by atoms with Gasteiger partial charge in [-0.05, 0) is 50.6 Å². The highest BCUT2D eigenvalue weighted by molar-refractivity contribution is 7.88. The van der Waals surface area contributed by atoms with E-state index in [1.54, 1.807) is 4.31 Å². The summed E-state index contributed by atoms with van der Waals surface area (Å²) in [4.78, 5) is 13.1. The number of hydrogen-bond donors (Lipinski definition) is 1. The molecule has 2 rings (SSSR count). The first kappa shape index (κ1) is 16.7. The van der Waals surface area contributed by atoms with E-state index in [1.807, 2.05) is 0 Å². The van der Waals surface area contributed by atoms with Gasteiger partial charge in [-0.2, -0.15) is 0 Å². The number of sulfonamides is 1. The summed E-state index contributed by atoms with van der Waals surface area (Å²) in [6.07, 6.45) is 5.46. The van der Waals surface area contributed by atoms with Gasteiger partial charge in [-0.1, -0.05) is 0 Å². The highest BCUT2D eigenvalue weighted by Gasteiger charge is 2.28. The standard InChI is InChI=1S/C14H26N2O4S/c1-21(19,20)16-6-2-3-13(11-16)10-15-7-4-12(5-8-15)9-14(17)18/h12-13H,2-11H2,1H3,(H,17,18). The van der Waals surface area contributed by atoms with Crippen molar-refractivity contribution in [3.63, 3.8) is 0 Å². The van der Waals surface area contributed by atoms with E-state index in [4.69, 9.17) is 5.11 Å². The molecule has 2 aliphatic heterocycles. The lowest BCUT2D eigenvalue weighted by atomic mass is 9.92. The van der Waals surface area contributed by atoms with Crippen LogP contribution in [0.25, 0.3) is 0 Å². The minimum atomic E-state index is -3.07. The number of carboxylic acids is 1. The summed E-state index contributed by atoms with van der Waals surface area (Å²) in [6.45, 7) is 4.09. The molecule has 1 N–H and O–H groups in total. The highest BCUT2D eigenvalue weighted by atomic mass is 32.2. The highest BCUT2D eigenvalue weighted by Crippen LogP contribution is 2.24. The average Bonchev–Trinajstić information content (AvgIpc) is 2.40. The number of carboxylic acid groups (broad SMARTS) is 1. The van der Waals surface area contributed by atoms with Crippen molar-refractivity contribution in [3.8, 4) is 0 Å². The van der Waals surface area contributed by atoms with Gasteiger partial charge in [-0.15, -0.1) is 0 Å². The van der Waals surface area contributed by atoms with E-state index in [-0.39, 0.29) is 6.42 Å². The molecular formula is C14H26N2O4S. The molecule has 0 aromatic carbocycles. The van der Waals surface area contributed by atoms with Crippen molar-refractivity contribution in [2.24, 2.45) is 11.8 Å². The normalized spacial score (nSPS) is 26.8. The molecule has 6 nitrogen and oxygen atoms in total. The van der Waals surface area contributed by atoms with Crippen LogP contribution in [0.5, 0.6) is 0 Å². The average molecular weight is 318 g/mol. The van der Waals surface area contributed by atoms with Crippen LogP contribution in [0.15, 0.2) is 0 Å². The zero-order valence-corrected chi connectivity index (χ0v) is 13.5. The molecule has 0 amide bonds. The maximum absolute atomic E-state index is 11.6. The SMILES string of the molecule is CS(=O)(=O)N1CCCC(CN2CCC(CC(=O)O)CC2)C1. The summed E-state index contributed by atoms with van der Waals surface area (Å²) in [5.41, 5.74) is 0. The molecule has 0 aromatic heterocycles. The second-order valence-electron chi connectivity index (χ2n) is 6.47. The molecule has 21 heavy (non-hydrogen) atoms. The molecule has 122 valence electrons. The van der Waals surface area contributed by atoms with Crippen LogP contribution < -0.4 is 0 Å². The van der Waals surface area contributed by atoms with E-state index < -0.39 is 16.0 Å². The Balaban J connectivity index is 1.77. The molecule has 0 radical (unpaired) electrons. The molecule has 0 bridgehead atoms. The fourth-order valence-electron chi connectivity index (χ4n) is 3.46. The van der Waals surface area contributed by atoms with Crippen molar-refractivity contribution in [2.45, 2.75) is 32.1 Å². The molecule has 1 unspecified atom stereocenters. The van der Waals surface area contributed by atoms with Crippen molar-refractivity contribution in [1.29, 1.82) is 0 Å². The summed E-state index contributed by atoms with van der Waals surface area (Å²) >= 11 is 0. The Morgan fingerprint density at radius 3 is 2.38 bits per heavy atom. The quantitative estimate of drug-likeness (QED) is 0.813. The number of nitrogens with zero attached hydrogens (tertiary/aromatic N) is 2. The third kappa shape index (κ3) is 5.23. The van der Waals surface area contributed by atoms with Gasteiger partial charge in [0.25, 0.3) is 0 Å². The minimum Gasteiger partial charge on any atom is -0.481 e. The van der Waals surface area contributed by atoms with Crippen LogP contribution in [0.1, 0.15) is 32.1 Å². The van der Waals surface area contributed by atoms with Crippen molar-refractivity contribution in [2.75, 3.05) is 39.0 Å². The van der Waals surface area contributed by atoms with Gasteiger partial charge in [0.15, 0.2) is 0 Å². The molecule has 2 fully saturated rings. The Bertz CT molecular complexity index is 458. The van der Waals surface area contributed by atoms with Crippen LogP contribution in [0.3, 0.4) is 0 Å². The summed E-state index contributed by atoms with van der Waals surface area (Å²) in [6, 6.07) is 0. The Morgan fingerprint density at radius 2 is 1.81 bits per heavy atom. The Labute approximate surface area is 127 Å². The lowest BCUT2D eigenvalue weighted by Gasteiger charge is -2.37. The second-order valence-corrected chi connectivity index (χ2v) is 8.45. The molecule has 2 heterocycles. The minimum absolute atomic E-state index is 0.277. The number of hydrogen-bond acceptors (Lipinski definition) is 4. The predicted molar refractivity (Wildman–Crippen MR) is 80.6 cm³/mol.